The Labute approximate surface area is 143 Å². The molecule has 0 aromatic rings. The molecule has 0 N–H and O–H groups in total. The zero-order valence-electron chi connectivity index (χ0n) is 15.9. The molecular formula is C17H38N2O4. The minimum Gasteiger partial charge on any atom is -0.379 e. The molecule has 0 atom stereocenters. The first kappa shape index (κ1) is 24.6. The molecule has 0 fully saturated rings. The summed E-state index contributed by atoms with van der Waals surface area (Å²) in [5.74, 6) is 0. The normalized spacial score (nSPS) is 10.3. The Balaban J connectivity index is 0. The maximum absolute atomic E-state index is 10.3. The number of carbonyl (C=O) groups excluding carboxylic acids is 1. The van der Waals surface area contributed by atoms with E-state index in [2.05, 4.69) is 18.9 Å². The third-order valence-corrected chi connectivity index (χ3v) is 3.09. The molecule has 6 nitrogen and oxygen atoms in total. The Bertz CT molecular complexity index is 231. The van der Waals surface area contributed by atoms with Gasteiger partial charge < -0.3 is 24.0 Å². The van der Waals surface area contributed by atoms with E-state index < -0.39 is 0 Å². The average molecular weight is 335 g/mol. The summed E-state index contributed by atoms with van der Waals surface area (Å²) in [4.78, 5) is 14.2. The Hall–Kier alpha value is -0.690. The quantitative estimate of drug-likeness (QED) is 0.319. The molecule has 0 heterocycles. The zero-order valence-corrected chi connectivity index (χ0v) is 15.9. The van der Waals surface area contributed by atoms with Crippen molar-refractivity contribution in [3.05, 3.63) is 0 Å². The smallest absolute Gasteiger partial charge is 0.209 e. The van der Waals surface area contributed by atoms with Crippen LogP contribution < -0.4 is 0 Å². The summed E-state index contributed by atoms with van der Waals surface area (Å²) < 4.78 is 16.3. The van der Waals surface area contributed by atoms with E-state index in [-0.39, 0.29) is 0 Å². The molecule has 0 aliphatic heterocycles. The first-order chi connectivity index (χ1) is 11.2. The van der Waals surface area contributed by atoms with Crippen LogP contribution in [0.1, 0.15) is 33.6 Å². The van der Waals surface area contributed by atoms with Gasteiger partial charge in [-0.25, -0.2) is 0 Å². The van der Waals surface area contributed by atoms with Gasteiger partial charge in [-0.3, -0.25) is 4.79 Å². The molecular weight excluding hydrogens is 296 g/mol. The van der Waals surface area contributed by atoms with Crippen molar-refractivity contribution in [3.8, 4) is 0 Å². The molecule has 0 saturated carbocycles. The summed E-state index contributed by atoms with van der Waals surface area (Å²) in [5, 5.41) is 0. The second kappa shape index (κ2) is 21.3. The largest absolute Gasteiger partial charge is 0.379 e. The molecule has 0 saturated heterocycles. The second-order valence-electron chi connectivity index (χ2n) is 5.03. The van der Waals surface area contributed by atoms with Crippen LogP contribution in [0, 0.1) is 0 Å². The van der Waals surface area contributed by atoms with E-state index in [0.29, 0.717) is 33.0 Å². The van der Waals surface area contributed by atoms with Crippen LogP contribution in [0.3, 0.4) is 0 Å². The van der Waals surface area contributed by atoms with Crippen molar-refractivity contribution in [3.63, 3.8) is 0 Å². The molecule has 0 unspecified atom stereocenters. The standard InChI is InChI=1S/C15H32N2O4.C2H6/c1-4-16(2)7-5-9-19-11-13-21-14-12-20-10-6-8-17(3)15-18;1-2/h15H,4-14H2,1-3H3;1-2H3. The topological polar surface area (TPSA) is 51.2 Å². The van der Waals surface area contributed by atoms with Crippen molar-refractivity contribution in [1.82, 2.24) is 9.80 Å². The lowest BCUT2D eigenvalue weighted by molar-refractivity contribution is -0.117. The number of ether oxygens (including phenoxy) is 3. The highest BCUT2D eigenvalue weighted by Gasteiger charge is 1.96. The van der Waals surface area contributed by atoms with Crippen molar-refractivity contribution >= 4 is 6.41 Å². The van der Waals surface area contributed by atoms with Crippen LogP contribution in [0.25, 0.3) is 0 Å². The zero-order chi connectivity index (χ0) is 17.8. The van der Waals surface area contributed by atoms with Crippen molar-refractivity contribution in [2.24, 2.45) is 0 Å². The molecule has 0 aromatic carbocycles. The molecule has 140 valence electrons. The summed E-state index contributed by atoms with van der Waals surface area (Å²) in [6.45, 7) is 12.9. The van der Waals surface area contributed by atoms with Gasteiger partial charge in [0.15, 0.2) is 0 Å². The molecule has 6 heteroatoms. The van der Waals surface area contributed by atoms with Crippen molar-refractivity contribution in [2.75, 3.05) is 73.4 Å². The van der Waals surface area contributed by atoms with E-state index in [1.165, 1.54) is 0 Å². The molecule has 1 amide bonds. The van der Waals surface area contributed by atoms with Gasteiger partial charge in [-0.1, -0.05) is 20.8 Å². The number of amides is 1. The molecule has 0 aliphatic rings. The van der Waals surface area contributed by atoms with E-state index in [1.807, 2.05) is 13.8 Å². The molecule has 0 rings (SSSR count). The van der Waals surface area contributed by atoms with Crippen LogP contribution in [0.15, 0.2) is 0 Å². The van der Waals surface area contributed by atoms with Crippen LogP contribution in [0.4, 0.5) is 0 Å². The lowest BCUT2D eigenvalue weighted by Crippen LogP contribution is -2.20. The summed E-state index contributed by atoms with van der Waals surface area (Å²) in [6.07, 6.45) is 2.73. The Morgan fingerprint density at radius 3 is 1.65 bits per heavy atom. The fourth-order valence-electron chi connectivity index (χ4n) is 1.61. The van der Waals surface area contributed by atoms with Gasteiger partial charge in [-0.2, -0.15) is 0 Å². The fourth-order valence-corrected chi connectivity index (χ4v) is 1.61. The van der Waals surface area contributed by atoms with Crippen LogP contribution in [-0.4, -0.2) is 89.6 Å². The molecule has 0 radical (unpaired) electrons. The minimum absolute atomic E-state index is 0.589. The van der Waals surface area contributed by atoms with Gasteiger partial charge in [0.1, 0.15) is 0 Å². The molecule has 0 aliphatic carbocycles. The SMILES string of the molecule is CC.CCN(C)CCCOCCOCCOCCCN(C)C=O. The van der Waals surface area contributed by atoms with Crippen LogP contribution in [0.5, 0.6) is 0 Å². The van der Waals surface area contributed by atoms with E-state index in [0.717, 1.165) is 45.5 Å². The van der Waals surface area contributed by atoms with Gasteiger partial charge in [0.25, 0.3) is 0 Å². The van der Waals surface area contributed by atoms with Gasteiger partial charge in [-0.05, 0) is 26.4 Å². The molecule has 0 spiro atoms. The maximum atomic E-state index is 10.3. The van der Waals surface area contributed by atoms with E-state index in [4.69, 9.17) is 14.2 Å². The summed E-state index contributed by atoms with van der Waals surface area (Å²) >= 11 is 0. The highest BCUT2D eigenvalue weighted by molar-refractivity contribution is 5.46. The second-order valence-corrected chi connectivity index (χ2v) is 5.03. The van der Waals surface area contributed by atoms with Gasteiger partial charge in [0, 0.05) is 33.4 Å². The molecule has 0 bridgehead atoms. The Morgan fingerprint density at radius 1 is 0.783 bits per heavy atom. The number of carbonyl (C=O) groups is 1. The summed E-state index contributed by atoms with van der Waals surface area (Å²) in [7, 11) is 3.87. The highest BCUT2D eigenvalue weighted by atomic mass is 16.5. The Morgan fingerprint density at radius 2 is 1.22 bits per heavy atom. The Kier molecular flexibility index (Phi) is 22.8. The number of hydrogen-bond acceptors (Lipinski definition) is 5. The maximum Gasteiger partial charge on any atom is 0.209 e. The van der Waals surface area contributed by atoms with E-state index in [9.17, 15) is 4.79 Å². The van der Waals surface area contributed by atoms with Crippen molar-refractivity contribution in [2.45, 2.75) is 33.6 Å². The van der Waals surface area contributed by atoms with Crippen LogP contribution >= 0.6 is 0 Å². The molecule has 23 heavy (non-hydrogen) atoms. The van der Waals surface area contributed by atoms with Crippen LogP contribution in [-0.2, 0) is 19.0 Å². The van der Waals surface area contributed by atoms with Crippen molar-refractivity contribution < 1.29 is 19.0 Å². The van der Waals surface area contributed by atoms with Crippen molar-refractivity contribution in [1.29, 1.82) is 0 Å². The lowest BCUT2D eigenvalue weighted by Gasteiger charge is -2.13. The number of nitrogens with zero attached hydrogens (tertiary/aromatic N) is 2. The van der Waals surface area contributed by atoms with Gasteiger partial charge in [0.05, 0.1) is 26.4 Å². The van der Waals surface area contributed by atoms with E-state index >= 15 is 0 Å². The number of rotatable bonds is 16. The average Bonchev–Trinajstić information content (AvgIpc) is 2.60. The van der Waals surface area contributed by atoms with E-state index in [1.54, 1.807) is 11.9 Å². The summed E-state index contributed by atoms with van der Waals surface area (Å²) in [6, 6.07) is 0. The molecule has 0 aromatic heterocycles. The first-order valence-electron chi connectivity index (χ1n) is 8.78. The summed E-state index contributed by atoms with van der Waals surface area (Å²) in [5.41, 5.74) is 0. The monoisotopic (exact) mass is 334 g/mol. The minimum atomic E-state index is 0.589. The highest BCUT2D eigenvalue weighted by Crippen LogP contribution is 1.89. The van der Waals surface area contributed by atoms with Gasteiger partial charge >= 0.3 is 0 Å². The fraction of sp³-hybridized carbons (Fsp3) is 0.941. The third kappa shape index (κ3) is 21.3. The van der Waals surface area contributed by atoms with Gasteiger partial charge in [0.2, 0.25) is 6.41 Å². The third-order valence-electron chi connectivity index (χ3n) is 3.09. The van der Waals surface area contributed by atoms with Gasteiger partial charge in [-0.15, -0.1) is 0 Å². The van der Waals surface area contributed by atoms with Crippen LogP contribution in [0.2, 0.25) is 0 Å². The number of hydrogen-bond donors (Lipinski definition) is 0. The predicted octanol–water partition coefficient (Wildman–Crippen LogP) is 1.88. The first-order valence-corrected chi connectivity index (χ1v) is 8.78. The lowest BCUT2D eigenvalue weighted by atomic mass is 10.4. The predicted molar refractivity (Wildman–Crippen MR) is 94.9 cm³/mol.